The molecule has 0 bridgehead atoms. The second-order valence-electron chi connectivity index (χ2n) is 10.2. The lowest BCUT2D eigenvalue weighted by Gasteiger charge is -2.43. The monoisotopic (exact) mass is 524 g/mol. The highest BCUT2D eigenvalue weighted by molar-refractivity contribution is 8.28. The molecule has 0 aromatic heterocycles. The van der Waals surface area contributed by atoms with Crippen LogP contribution in [0.25, 0.3) is 0 Å². The van der Waals surface area contributed by atoms with Gasteiger partial charge in [-0.1, -0.05) is 93.4 Å². The minimum absolute atomic E-state index is 0. The smallest absolute Gasteiger partial charge is 0.0655 e. The molecular formula is C32H64N2OS. The lowest BCUT2D eigenvalue weighted by Crippen LogP contribution is -2.42. The zero-order valence-corrected chi connectivity index (χ0v) is 27.7. The summed E-state index contributed by atoms with van der Waals surface area (Å²) in [6, 6.07) is 16.9. The normalized spacial score (nSPS) is 10.7. The average Bonchev–Trinajstić information content (AvgIpc) is 2.82. The number of aryl methyl sites for hydroxylation is 1. The molecule has 0 atom stereocenters. The van der Waals surface area contributed by atoms with Gasteiger partial charge in [-0.3, -0.25) is 0 Å². The molecule has 0 unspecified atom stereocenters. The van der Waals surface area contributed by atoms with Crippen molar-refractivity contribution in [1.29, 1.82) is 0 Å². The van der Waals surface area contributed by atoms with E-state index in [-0.39, 0.29) is 6.97 Å². The Kier molecular flexibility index (Phi) is 23.1. The third-order valence-corrected chi connectivity index (χ3v) is 5.97. The lowest BCUT2D eigenvalue weighted by molar-refractivity contribution is 0.230. The van der Waals surface area contributed by atoms with Gasteiger partial charge in [0.05, 0.1) is 11.2 Å². The predicted molar refractivity (Wildman–Crippen MR) is 175 cm³/mol. The van der Waals surface area contributed by atoms with Crippen LogP contribution in [0, 0.1) is 12.8 Å². The Labute approximate surface area is 230 Å². The van der Waals surface area contributed by atoms with Crippen molar-refractivity contribution >= 4 is 27.4 Å². The molecule has 1 N–H and O–H groups in total. The number of hydroxylamine groups is 1. The van der Waals surface area contributed by atoms with Gasteiger partial charge in [0.15, 0.2) is 0 Å². The van der Waals surface area contributed by atoms with Crippen LogP contribution in [0.3, 0.4) is 0 Å². The third-order valence-electron chi connectivity index (χ3n) is 4.02. The van der Waals surface area contributed by atoms with Gasteiger partial charge < -0.3 is 5.32 Å². The van der Waals surface area contributed by atoms with Crippen LogP contribution in [0.4, 0.5) is 17.1 Å². The number of anilines is 3. The van der Waals surface area contributed by atoms with Gasteiger partial charge in [-0.25, -0.2) is 9.35 Å². The van der Waals surface area contributed by atoms with Gasteiger partial charge in [-0.15, -0.1) is 10.3 Å². The molecule has 0 aliphatic rings. The summed E-state index contributed by atoms with van der Waals surface area (Å²) in [5.41, 5.74) is 4.41. The average molecular weight is 525 g/mol. The molecule has 0 aliphatic carbocycles. The van der Waals surface area contributed by atoms with E-state index in [1.807, 2.05) is 27.7 Å². The summed E-state index contributed by atoms with van der Waals surface area (Å²) in [6.07, 6.45) is 5.66. The van der Waals surface area contributed by atoms with E-state index in [1.54, 1.807) is 0 Å². The quantitative estimate of drug-likeness (QED) is 0.380. The molecule has 214 valence electrons. The Balaban J connectivity index is -0.000000392. The summed E-state index contributed by atoms with van der Waals surface area (Å²) in [6.45, 7) is 29.6. The highest BCUT2D eigenvalue weighted by Crippen LogP contribution is 2.44. The van der Waals surface area contributed by atoms with Gasteiger partial charge in [0.2, 0.25) is 0 Å². The molecule has 0 saturated carbocycles. The molecule has 2 aromatic carbocycles. The highest BCUT2D eigenvalue weighted by atomic mass is 32.3. The fourth-order valence-electron chi connectivity index (χ4n) is 2.28. The molecular weight excluding hydrogens is 460 g/mol. The van der Waals surface area contributed by atoms with Crippen molar-refractivity contribution in [2.24, 2.45) is 5.92 Å². The zero-order valence-electron chi connectivity index (χ0n) is 26.9. The van der Waals surface area contributed by atoms with E-state index in [0.717, 1.165) is 28.7 Å². The van der Waals surface area contributed by atoms with Crippen LogP contribution in [0.1, 0.15) is 103 Å². The highest BCUT2D eigenvalue weighted by Gasteiger charge is 2.27. The van der Waals surface area contributed by atoms with Gasteiger partial charge in [0, 0.05) is 12.8 Å². The van der Waals surface area contributed by atoms with Crippen molar-refractivity contribution in [3.8, 4) is 0 Å². The molecule has 0 fully saturated rings. The fourth-order valence-corrected chi connectivity index (χ4v) is 3.10. The first-order chi connectivity index (χ1) is 16.8. The molecule has 4 heteroatoms. The summed E-state index contributed by atoms with van der Waals surface area (Å²) >= 11 is 0. The van der Waals surface area contributed by atoms with Crippen LogP contribution in [0.5, 0.6) is 0 Å². The number of rotatable bonds is 6. The SMILES string of the molecule is CC.CC.CC(C)C.CCC.CCS(C)(C)ON(c1ccc(Nc2ccc(C)cc2)cc1)C(C)(C)C.[HH]. The summed E-state index contributed by atoms with van der Waals surface area (Å²) in [5, 5.41) is 5.50. The van der Waals surface area contributed by atoms with Crippen molar-refractivity contribution in [2.45, 2.75) is 109 Å². The Bertz CT molecular complexity index is 736. The molecule has 3 nitrogen and oxygen atoms in total. The fraction of sp³-hybridized carbons (Fsp3) is 0.625. The molecule has 2 rings (SSSR count). The zero-order chi connectivity index (χ0) is 28.9. The number of nitrogens with zero attached hydrogens (tertiary/aromatic N) is 1. The van der Waals surface area contributed by atoms with Crippen molar-refractivity contribution in [2.75, 3.05) is 28.6 Å². The Morgan fingerprint density at radius 3 is 1.44 bits per heavy atom. The van der Waals surface area contributed by atoms with Crippen molar-refractivity contribution in [3.63, 3.8) is 0 Å². The van der Waals surface area contributed by atoms with E-state index in [4.69, 9.17) is 4.28 Å². The van der Waals surface area contributed by atoms with E-state index in [2.05, 4.69) is 141 Å². The minimum atomic E-state index is -1.10. The topological polar surface area (TPSA) is 24.5 Å². The Morgan fingerprint density at radius 1 is 0.806 bits per heavy atom. The van der Waals surface area contributed by atoms with Gasteiger partial charge in [0.1, 0.15) is 0 Å². The van der Waals surface area contributed by atoms with Crippen molar-refractivity contribution in [3.05, 3.63) is 54.1 Å². The maximum atomic E-state index is 6.41. The molecule has 0 saturated heterocycles. The number of nitrogens with one attached hydrogen (secondary N) is 1. The first kappa shape index (κ1) is 38.9. The van der Waals surface area contributed by atoms with Gasteiger partial charge >= 0.3 is 0 Å². The van der Waals surface area contributed by atoms with Crippen molar-refractivity contribution in [1.82, 2.24) is 0 Å². The molecule has 0 spiro atoms. The van der Waals surface area contributed by atoms with E-state index >= 15 is 0 Å². The maximum absolute atomic E-state index is 6.41. The first-order valence-corrected chi connectivity index (χ1v) is 16.4. The van der Waals surface area contributed by atoms with Gasteiger partial charge in [0.25, 0.3) is 0 Å². The van der Waals surface area contributed by atoms with Crippen molar-refractivity contribution < 1.29 is 5.71 Å². The summed E-state index contributed by atoms with van der Waals surface area (Å²) in [5.74, 6) is 1.87. The summed E-state index contributed by atoms with van der Waals surface area (Å²) in [4.78, 5) is 0. The summed E-state index contributed by atoms with van der Waals surface area (Å²) in [7, 11) is -1.10. The Morgan fingerprint density at radius 2 is 1.14 bits per heavy atom. The van der Waals surface area contributed by atoms with Crippen LogP contribution in [-0.4, -0.2) is 23.8 Å². The Hall–Kier alpha value is -1.65. The predicted octanol–water partition coefficient (Wildman–Crippen LogP) is 11.7. The minimum Gasteiger partial charge on any atom is -0.356 e. The second kappa shape index (κ2) is 21.4. The van der Waals surface area contributed by atoms with Crippen LogP contribution in [0.15, 0.2) is 48.5 Å². The molecule has 0 amide bonds. The first-order valence-electron chi connectivity index (χ1n) is 13.9. The number of hydrogen-bond acceptors (Lipinski definition) is 3. The molecule has 0 heterocycles. The van der Waals surface area contributed by atoms with Crippen LogP contribution in [-0.2, 0) is 4.28 Å². The number of benzene rings is 2. The lowest BCUT2D eigenvalue weighted by atomic mass is 10.1. The van der Waals surface area contributed by atoms with Gasteiger partial charge in [-0.05, 0) is 88.3 Å². The van der Waals surface area contributed by atoms with Gasteiger partial charge in [-0.2, -0.15) is 0 Å². The number of hydrogen-bond donors (Lipinski definition) is 1. The van der Waals surface area contributed by atoms with Crippen LogP contribution < -0.4 is 10.4 Å². The van der Waals surface area contributed by atoms with Crippen LogP contribution >= 0.6 is 10.3 Å². The third kappa shape index (κ3) is 19.5. The van der Waals surface area contributed by atoms with E-state index in [9.17, 15) is 0 Å². The van der Waals surface area contributed by atoms with E-state index in [1.165, 1.54) is 12.0 Å². The molecule has 0 radical (unpaired) electrons. The second-order valence-corrected chi connectivity index (χ2v) is 13.8. The molecule has 0 aliphatic heterocycles. The standard InChI is InChI=1S/C21H32N2OS.C4H10.C3H8.2C2H6.H2/c1-8-25(6,7)24-23(21(3,4)5)20-15-13-19(14-16-20)22-18-11-9-17(2)10-12-18;1-4(2)3;1-3-2;2*1-2;/h9-16,22H,8H2,1-7H3;4H,1-3H3;3H2,1-2H3;2*1-2H3;1H. The summed E-state index contributed by atoms with van der Waals surface area (Å²) < 4.78 is 6.41. The van der Waals surface area contributed by atoms with Crippen LogP contribution in [0.2, 0.25) is 0 Å². The molecule has 2 aromatic rings. The molecule has 36 heavy (non-hydrogen) atoms. The largest absolute Gasteiger partial charge is 0.356 e. The van der Waals surface area contributed by atoms with E-state index < -0.39 is 10.3 Å². The maximum Gasteiger partial charge on any atom is 0.0655 e. The van der Waals surface area contributed by atoms with E-state index in [0.29, 0.717) is 0 Å².